The van der Waals surface area contributed by atoms with Gasteiger partial charge in [-0.05, 0) is 51.9 Å². The lowest BCUT2D eigenvalue weighted by Gasteiger charge is -2.35. The van der Waals surface area contributed by atoms with Crippen LogP contribution in [0.25, 0.3) is 0 Å². The van der Waals surface area contributed by atoms with Gasteiger partial charge in [0.15, 0.2) is 6.29 Å². The molecular formula is C24H39N3O6. The van der Waals surface area contributed by atoms with Crippen LogP contribution in [0.2, 0.25) is 0 Å². The predicted molar refractivity (Wildman–Crippen MR) is 123 cm³/mol. The second-order valence-electron chi connectivity index (χ2n) is 10.3. The number of rotatable bonds is 9. The van der Waals surface area contributed by atoms with E-state index in [2.05, 4.69) is 10.5 Å². The van der Waals surface area contributed by atoms with Crippen LogP contribution in [0, 0.1) is 5.92 Å². The summed E-state index contributed by atoms with van der Waals surface area (Å²) in [6.07, 6.45) is 5.06. The molecule has 1 aromatic heterocycles. The molecule has 0 bridgehead atoms. The molecule has 2 aliphatic rings. The van der Waals surface area contributed by atoms with Crippen LogP contribution >= 0.6 is 0 Å². The monoisotopic (exact) mass is 465 g/mol. The molecule has 1 N–H and O–H groups in total. The summed E-state index contributed by atoms with van der Waals surface area (Å²) in [7, 11) is 1.67. The molecule has 3 rings (SSSR count). The molecule has 186 valence electrons. The largest absolute Gasteiger partial charge is 0.381 e. The van der Waals surface area contributed by atoms with Crippen LogP contribution in [-0.2, 0) is 29.2 Å². The van der Waals surface area contributed by atoms with Gasteiger partial charge in [-0.2, -0.15) is 0 Å². The van der Waals surface area contributed by atoms with Crippen molar-refractivity contribution in [2.45, 2.75) is 83.5 Å². The van der Waals surface area contributed by atoms with E-state index >= 15 is 0 Å². The van der Waals surface area contributed by atoms with Crippen LogP contribution in [0.4, 0.5) is 5.88 Å². The lowest BCUT2D eigenvalue weighted by Crippen LogP contribution is -2.53. The maximum Gasteiger partial charge on any atom is 0.252 e. The van der Waals surface area contributed by atoms with Crippen LogP contribution < -0.4 is 5.32 Å². The molecule has 33 heavy (non-hydrogen) atoms. The number of ether oxygens (including phenoxy) is 3. The van der Waals surface area contributed by atoms with Gasteiger partial charge in [-0.1, -0.05) is 19.0 Å². The fourth-order valence-corrected chi connectivity index (χ4v) is 3.93. The van der Waals surface area contributed by atoms with Crippen molar-refractivity contribution in [1.82, 2.24) is 10.1 Å². The number of likely N-dealkylation sites (N-methyl/N-ethyl adjacent to an activating group) is 1. The molecule has 1 unspecified atom stereocenters. The van der Waals surface area contributed by atoms with E-state index in [0.717, 1.165) is 38.7 Å². The molecule has 2 saturated heterocycles. The number of carbonyl (C=O) groups is 2. The fourth-order valence-electron chi connectivity index (χ4n) is 3.93. The first-order valence-electron chi connectivity index (χ1n) is 12.0. The molecule has 2 aliphatic heterocycles. The number of aromatic nitrogens is 1. The van der Waals surface area contributed by atoms with Crippen LogP contribution in [0.5, 0.6) is 0 Å². The topological polar surface area (TPSA) is 103 Å². The number of nitrogens with one attached hydrogen (secondary N) is 1. The lowest BCUT2D eigenvalue weighted by atomic mass is 9.90. The molecule has 2 fully saturated rings. The van der Waals surface area contributed by atoms with Crippen molar-refractivity contribution in [2.24, 2.45) is 5.92 Å². The van der Waals surface area contributed by atoms with Crippen molar-refractivity contribution in [3.8, 4) is 0 Å². The van der Waals surface area contributed by atoms with Gasteiger partial charge < -0.3 is 23.6 Å². The Morgan fingerprint density at radius 2 is 1.88 bits per heavy atom. The standard InChI is InChI=1S/C24H39N3O6/c1-23(2,16-32-21-8-6-7-11-31-21)18-15-19(33-26-18)25-22(29)24(3,4)27(5)20(28)14-17-9-12-30-13-10-17/h15,17,21H,6-14,16H2,1-5H3,(H,25,29). The highest BCUT2D eigenvalue weighted by Gasteiger charge is 2.37. The van der Waals surface area contributed by atoms with Gasteiger partial charge in [0.1, 0.15) is 5.54 Å². The number of nitrogens with zero attached hydrogens (tertiary/aromatic N) is 2. The Bertz CT molecular complexity index is 794. The highest BCUT2D eigenvalue weighted by atomic mass is 16.7. The second kappa shape index (κ2) is 11.0. The number of anilines is 1. The highest BCUT2D eigenvalue weighted by Crippen LogP contribution is 2.28. The van der Waals surface area contributed by atoms with Gasteiger partial charge >= 0.3 is 0 Å². The SMILES string of the molecule is CN(C(=O)CC1CCOCC1)C(C)(C)C(=O)Nc1cc(C(C)(C)COC2CCCCO2)no1. The van der Waals surface area contributed by atoms with E-state index < -0.39 is 11.0 Å². The first kappa shape index (κ1) is 25.6. The summed E-state index contributed by atoms with van der Waals surface area (Å²) >= 11 is 0. The summed E-state index contributed by atoms with van der Waals surface area (Å²) < 4.78 is 22.3. The molecule has 0 saturated carbocycles. The third kappa shape index (κ3) is 6.77. The minimum absolute atomic E-state index is 0.0523. The van der Waals surface area contributed by atoms with Crippen molar-refractivity contribution < 1.29 is 28.3 Å². The van der Waals surface area contributed by atoms with Gasteiger partial charge in [-0.15, -0.1) is 0 Å². The average molecular weight is 466 g/mol. The van der Waals surface area contributed by atoms with Gasteiger partial charge in [0.05, 0.1) is 12.3 Å². The average Bonchev–Trinajstić information content (AvgIpc) is 3.28. The Labute approximate surface area is 196 Å². The molecule has 1 atom stereocenters. The van der Waals surface area contributed by atoms with E-state index in [-0.39, 0.29) is 24.0 Å². The lowest BCUT2D eigenvalue weighted by molar-refractivity contribution is -0.170. The zero-order valence-electron chi connectivity index (χ0n) is 20.6. The van der Waals surface area contributed by atoms with Crippen LogP contribution in [-0.4, -0.2) is 67.2 Å². The molecule has 0 aromatic carbocycles. The summed E-state index contributed by atoms with van der Waals surface area (Å²) in [5.41, 5.74) is -0.791. The number of carbonyl (C=O) groups excluding carboxylic acids is 2. The Hall–Kier alpha value is -1.97. The fraction of sp³-hybridized carbons (Fsp3) is 0.792. The summed E-state index contributed by atoms with van der Waals surface area (Å²) in [6.45, 7) is 9.99. The highest BCUT2D eigenvalue weighted by molar-refractivity contribution is 5.99. The molecule has 3 heterocycles. The van der Waals surface area contributed by atoms with Gasteiger partial charge in [0, 0.05) is 44.8 Å². The minimum atomic E-state index is -1.05. The predicted octanol–water partition coefficient (Wildman–Crippen LogP) is 3.49. The third-order valence-electron chi connectivity index (χ3n) is 6.78. The van der Waals surface area contributed by atoms with E-state index in [4.69, 9.17) is 18.7 Å². The van der Waals surface area contributed by atoms with E-state index in [1.54, 1.807) is 27.0 Å². The third-order valence-corrected chi connectivity index (χ3v) is 6.78. The van der Waals surface area contributed by atoms with E-state index in [9.17, 15) is 9.59 Å². The van der Waals surface area contributed by atoms with Crippen LogP contribution in [0.3, 0.4) is 0 Å². The number of hydrogen-bond donors (Lipinski definition) is 1. The van der Waals surface area contributed by atoms with Crippen LogP contribution in [0.15, 0.2) is 10.6 Å². The zero-order valence-corrected chi connectivity index (χ0v) is 20.6. The van der Waals surface area contributed by atoms with Crippen molar-refractivity contribution in [3.63, 3.8) is 0 Å². The molecule has 0 radical (unpaired) electrons. The maximum atomic E-state index is 13.0. The van der Waals surface area contributed by atoms with E-state index in [1.807, 2.05) is 13.8 Å². The molecule has 2 amide bonds. The van der Waals surface area contributed by atoms with Gasteiger partial charge in [-0.3, -0.25) is 14.9 Å². The van der Waals surface area contributed by atoms with Gasteiger partial charge in [0.25, 0.3) is 5.91 Å². The molecule has 0 aliphatic carbocycles. The van der Waals surface area contributed by atoms with E-state index in [0.29, 0.717) is 37.9 Å². The molecule has 1 aromatic rings. The minimum Gasteiger partial charge on any atom is -0.381 e. The first-order chi connectivity index (χ1) is 15.6. The molecule has 9 heteroatoms. The second-order valence-corrected chi connectivity index (χ2v) is 10.3. The zero-order chi connectivity index (χ0) is 24.1. The molecule has 0 spiro atoms. The summed E-state index contributed by atoms with van der Waals surface area (Å²) in [6, 6.07) is 1.71. The Morgan fingerprint density at radius 1 is 1.15 bits per heavy atom. The number of hydrogen-bond acceptors (Lipinski definition) is 7. The quantitative estimate of drug-likeness (QED) is 0.595. The van der Waals surface area contributed by atoms with Gasteiger partial charge in [0.2, 0.25) is 11.8 Å². The smallest absolute Gasteiger partial charge is 0.252 e. The summed E-state index contributed by atoms with van der Waals surface area (Å²) in [5, 5.41) is 6.91. The number of amides is 2. The van der Waals surface area contributed by atoms with Crippen molar-refractivity contribution >= 4 is 17.7 Å². The first-order valence-corrected chi connectivity index (χ1v) is 12.0. The Kier molecular flexibility index (Phi) is 8.53. The van der Waals surface area contributed by atoms with Crippen LogP contribution in [0.1, 0.15) is 71.9 Å². The molecule has 9 nitrogen and oxygen atoms in total. The van der Waals surface area contributed by atoms with Crippen molar-refractivity contribution in [2.75, 3.05) is 38.8 Å². The van der Waals surface area contributed by atoms with Crippen molar-refractivity contribution in [3.05, 3.63) is 11.8 Å². The Morgan fingerprint density at radius 3 is 2.55 bits per heavy atom. The Balaban J connectivity index is 1.54. The maximum absolute atomic E-state index is 13.0. The van der Waals surface area contributed by atoms with E-state index in [1.165, 1.54) is 4.90 Å². The summed E-state index contributed by atoms with van der Waals surface area (Å²) in [5.74, 6) is 0.157. The normalized spacial score (nSPS) is 20.5. The van der Waals surface area contributed by atoms with Crippen molar-refractivity contribution in [1.29, 1.82) is 0 Å². The van der Waals surface area contributed by atoms with Gasteiger partial charge in [-0.25, -0.2) is 0 Å². The summed E-state index contributed by atoms with van der Waals surface area (Å²) in [4.78, 5) is 27.3. The molecular weight excluding hydrogens is 426 g/mol.